The van der Waals surface area contributed by atoms with Crippen LogP contribution in [0, 0.1) is 0 Å². The molecule has 0 saturated carbocycles. The summed E-state index contributed by atoms with van der Waals surface area (Å²) < 4.78 is 1.89. The van der Waals surface area contributed by atoms with E-state index in [1.807, 2.05) is 48.1 Å². The van der Waals surface area contributed by atoms with E-state index in [1.165, 1.54) is 0 Å². The van der Waals surface area contributed by atoms with Gasteiger partial charge in [0.2, 0.25) is 0 Å². The van der Waals surface area contributed by atoms with Crippen molar-refractivity contribution in [3.8, 4) is 0 Å². The number of aliphatic hydroxyl groups is 1. The Bertz CT molecular complexity index is 766. The van der Waals surface area contributed by atoms with Crippen LogP contribution in [0.3, 0.4) is 0 Å². The third-order valence-electron chi connectivity index (χ3n) is 3.81. The van der Waals surface area contributed by atoms with Crippen LogP contribution in [0.4, 0.5) is 0 Å². The number of benzene rings is 2. The summed E-state index contributed by atoms with van der Waals surface area (Å²) in [5, 5.41) is 16.2. The first-order valence-electron chi connectivity index (χ1n) is 6.96. The molecule has 0 amide bonds. The summed E-state index contributed by atoms with van der Waals surface area (Å²) in [4.78, 5) is 0. The predicted octanol–water partition coefficient (Wildman–Crippen LogP) is 3.55. The number of fused-ring (bicyclic) bond motifs is 1. The van der Waals surface area contributed by atoms with Gasteiger partial charge >= 0.3 is 0 Å². The molecule has 0 spiro atoms. The van der Waals surface area contributed by atoms with Crippen molar-refractivity contribution >= 4 is 22.5 Å². The van der Waals surface area contributed by atoms with Crippen LogP contribution in [0.1, 0.15) is 17.2 Å². The zero-order valence-electron chi connectivity index (χ0n) is 11.8. The first-order chi connectivity index (χ1) is 10.2. The van der Waals surface area contributed by atoms with Crippen molar-refractivity contribution < 1.29 is 5.11 Å². The minimum Gasteiger partial charge on any atom is -0.396 e. The Morgan fingerprint density at radius 3 is 2.76 bits per heavy atom. The van der Waals surface area contributed by atoms with Crippen molar-refractivity contribution in [2.75, 3.05) is 6.61 Å². The Kier molecular flexibility index (Phi) is 3.95. The first kappa shape index (κ1) is 14.1. The van der Waals surface area contributed by atoms with Crippen LogP contribution in [0.25, 0.3) is 10.9 Å². The Hall–Kier alpha value is -1.84. The molecule has 3 nitrogen and oxygen atoms in total. The largest absolute Gasteiger partial charge is 0.396 e. The van der Waals surface area contributed by atoms with E-state index in [0.717, 1.165) is 22.2 Å². The number of aromatic nitrogens is 2. The number of nitrogens with zero attached hydrogens (tertiary/aromatic N) is 2. The number of halogens is 1. The minimum absolute atomic E-state index is 0.00186. The summed E-state index contributed by atoms with van der Waals surface area (Å²) in [6.45, 7) is 0.0746. The van der Waals surface area contributed by atoms with Crippen molar-refractivity contribution in [1.29, 1.82) is 0 Å². The van der Waals surface area contributed by atoms with E-state index in [9.17, 15) is 5.11 Å². The molecule has 21 heavy (non-hydrogen) atoms. The molecule has 0 bridgehead atoms. The van der Waals surface area contributed by atoms with Crippen LogP contribution in [0.2, 0.25) is 5.02 Å². The Morgan fingerprint density at radius 1 is 1.19 bits per heavy atom. The molecule has 0 aliphatic heterocycles. The maximum Gasteiger partial charge on any atom is 0.0710 e. The minimum atomic E-state index is 0.00186. The van der Waals surface area contributed by atoms with Gasteiger partial charge < -0.3 is 5.11 Å². The summed E-state index contributed by atoms with van der Waals surface area (Å²) >= 11 is 6.05. The highest BCUT2D eigenvalue weighted by molar-refractivity contribution is 6.30. The molecule has 108 valence electrons. The lowest BCUT2D eigenvalue weighted by atomic mass is 9.94. The molecule has 1 heterocycles. The highest BCUT2D eigenvalue weighted by Crippen LogP contribution is 2.26. The highest BCUT2D eigenvalue weighted by atomic mass is 35.5. The second-order valence-electron chi connectivity index (χ2n) is 5.23. The van der Waals surface area contributed by atoms with Crippen LogP contribution in [0.15, 0.2) is 48.5 Å². The molecular formula is C17H17ClN2O. The van der Waals surface area contributed by atoms with E-state index in [1.54, 1.807) is 0 Å². The maximum atomic E-state index is 9.73. The van der Waals surface area contributed by atoms with E-state index in [4.69, 9.17) is 11.6 Å². The fraction of sp³-hybridized carbons (Fsp3) is 0.235. The number of hydrogen-bond donors (Lipinski definition) is 1. The summed E-state index contributed by atoms with van der Waals surface area (Å²) in [5.41, 5.74) is 3.15. The second-order valence-corrected chi connectivity index (χ2v) is 5.66. The van der Waals surface area contributed by atoms with Gasteiger partial charge in [-0.05, 0) is 23.8 Å². The van der Waals surface area contributed by atoms with Gasteiger partial charge in [0.1, 0.15) is 0 Å². The van der Waals surface area contributed by atoms with Crippen molar-refractivity contribution in [2.24, 2.45) is 7.05 Å². The molecule has 0 fully saturated rings. The first-order valence-corrected chi connectivity index (χ1v) is 7.34. The van der Waals surface area contributed by atoms with Gasteiger partial charge in [0, 0.05) is 29.8 Å². The lowest BCUT2D eigenvalue weighted by Gasteiger charge is -2.13. The van der Waals surface area contributed by atoms with E-state index < -0.39 is 0 Å². The van der Waals surface area contributed by atoms with E-state index >= 15 is 0 Å². The van der Waals surface area contributed by atoms with Gasteiger partial charge in [0.25, 0.3) is 0 Å². The molecule has 1 aromatic heterocycles. The van der Waals surface area contributed by atoms with Gasteiger partial charge in [-0.15, -0.1) is 0 Å². The number of aliphatic hydroxyl groups excluding tert-OH is 1. The summed E-state index contributed by atoms with van der Waals surface area (Å²) in [6.07, 6.45) is 0.693. The highest BCUT2D eigenvalue weighted by Gasteiger charge is 2.16. The van der Waals surface area contributed by atoms with Gasteiger partial charge in [0.05, 0.1) is 17.8 Å². The smallest absolute Gasteiger partial charge is 0.0710 e. The predicted molar refractivity (Wildman–Crippen MR) is 85.7 cm³/mol. The lowest BCUT2D eigenvalue weighted by Crippen LogP contribution is -2.08. The number of aryl methyl sites for hydroxylation is 1. The molecule has 1 unspecified atom stereocenters. The molecule has 1 N–H and O–H groups in total. The van der Waals surface area contributed by atoms with E-state index in [2.05, 4.69) is 17.2 Å². The van der Waals surface area contributed by atoms with Gasteiger partial charge in [-0.3, -0.25) is 4.68 Å². The second kappa shape index (κ2) is 5.88. The number of para-hydroxylation sites is 1. The maximum absolute atomic E-state index is 9.73. The fourth-order valence-corrected chi connectivity index (χ4v) is 2.92. The molecule has 0 radical (unpaired) electrons. The van der Waals surface area contributed by atoms with Crippen LogP contribution in [-0.2, 0) is 13.5 Å². The molecule has 0 aliphatic rings. The van der Waals surface area contributed by atoms with Crippen LogP contribution < -0.4 is 0 Å². The van der Waals surface area contributed by atoms with E-state index in [0.29, 0.717) is 11.4 Å². The van der Waals surface area contributed by atoms with E-state index in [-0.39, 0.29) is 12.5 Å². The average molecular weight is 301 g/mol. The van der Waals surface area contributed by atoms with Crippen molar-refractivity contribution in [1.82, 2.24) is 9.78 Å². The van der Waals surface area contributed by atoms with Crippen LogP contribution in [-0.4, -0.2) is 21.5 Å². The van der Waals surface area contributed by atoms with Gasteiger partial charge in [0.15, 0.2) is 0 Å². The molecule has 0 aliphatic carbocycles. The Balaban J connectivity index is 1.96. The molecule has 3 aromatic rings. The normalized spacial score (nSPS) is 12.7. The third kappa shape index (κ3) is 2.80. The average Bonchev–Trinajstić information content (AvgIpc) is 2.82. The SMILES string of the molecule is Cn1nc(CC(CO)c2cccc(Cl)c2)c2ccccc21. The van der Waals surface area contributed by atoms with Gasteiger partial charge in [-0.25, -0.2) is 0 Å². The van der Waals surface area contributed by atoms with Crippen molar-refractivity contribution in [3.05, 3.63) is 64.8 Å². The van der Waals surface area contributed by atoms with Crippen LogP contribution >= 0.6 is 11.6 Å². The molecular weight excluding hydrogens is 284 g/mol. The number of hydrogen-bond acceptors (Lipinski definition) is 2. The quantitative estimate of drug-likeness (QED) is 0.800. The molecule has 3 rings (SSSR count). The molecule has 2 aromatic carbocycles. The third-order valence-corrected chi connectivity index (χ3v) is 4.05. The van der Waals surface area contributed by atoms with Gasteiger partial charge in [-0.1, -0.05) is 41.9 Å². The standard InChI is InChI=1S/C17H17ClN2O/c1-20-17-8-3-2-7-15(17)16(19-20)10-13(11-21)12-5-4-6-14(18)9-12/h2-9,13,21H,10-11H2,1H3. The van der Waals surface area contributed by atoms with Gasteiger partial charge in [-0.2, -0.15) is 5.10 Å². The zero-order valence-corrected chi connectivity index (χ0v) is 12.6. The lowest BCUT2D eigenvalue weighted by molar-refractivity contribution is 0.264. The summed E-state index contributed by atoms with van der Waals surface area (Å²) in [6, 6.07) is 15.8. The summed E-state index contributed by atoms with van der Waals surface area (Å²) in [7, 11) is 1.94. The van der Waals surface area contributed by atoms with Crippen molar-refractivity contribution in [3.63, 3.8) is 0 Å². The Labute approximate surface area is 128 Å². The zero-order chi connectivity index (χ0) is 14.8. The monoisotopic (exact) mass is 300 g/mol. The summed E-state index contributed by atoms with van der Waals surface area (Å²) in [5.74, 6) is 0.00186. The Morgan fingerprint density at radius 2 is 2.00 bits per heavy atom. The fourth-order valence-electron chi connectivity index (χ4n) is 2.72. The van der Waals surface area contributed by atoms with Crippen molar-refractivity contribution in [2.45, 2.75) is 12.3 Å². The topological polar surface area (TPSA) is 38.0 Å². The number of rotatable bonds is 4. The van der Waals surface area contributed by atoms with Crippen LogP contribution in [0.5, 0.6) is 0 Å². The molecule has 1 atom stereocenters. The molecule has 4 heteroatoms. The molecule has 0 saturated heterocycles.